The number of pyridine rings is 1. The van der Waals surface area contributed by atoms with Gasteiger partial charge < -0.3 is 5.32 Å². The summed E-state index contributed by atoms with van der Waals surface area (Å²) in [6.45, 7) is 8.11. The van der Waals surface area contributed by atoms with Crippen LogP contribution in [0.4, 0.5) is 0 Å². The first-order chi connectivity index (χ1) is 8.55. The molecule has 0 amide bonds. The molecule has 1 aliphatic rings. The average Bonchev–Trinajstić information content (AvgIpc) is 2.37. The Hall–Kier alpha value is -0.890. The van der Waals surface area contributed by atoms with E-state index in [0.717, 1.165) is 12.5 Å². The van der Waals surface area contributed by atoms with Crippen LogP contribution in [0.1, 0.15) is 52.0 Å². The Morgan fingerprint density at radius 2 is 1.72 bits per heavy atom. The van der Waals surface area contributed by atoms with Crippen LogP contribution in [-0.2, 0) is 6.54 Å². The Labute approximate surface area is 111 Å². The van der Waals surface area contributed by atoms with Crippen LogP contribution in [0.5, 0.6) is 0 Å². The van der Waals surface area contributed by atoms with E-state index in [0.29, 0.717) is 11.5 Å². The molecule has 0 aromatic carbocycles. The van der Waals surface area contributed by atoms with Gasteiger partial charge in [0.15, 0.2) is 0 Å². The summed E-state index contributed by atoms with van der Waals surface area (Å²) < 4.78 is 0. The van der Waals surface area contributed by atoms with Crippen molar-refractivity contribution in [2.45, 2.75) is 59.0 Å². The molecule has 0 aliphatic heterocycles. The zero-order valence-corrected chi connectivity index (χ0v) is 11.9. The lowest BCUT2D eigenvalue weighted by Gasteiger charge is -2.37. The van der Waals surface area contributed by atoms with Crippen molar-refractivity contribution < 1.29 is 0 Å². The minimum atomic E-state index is 0.482. The maximum Gasteiger partial charge on any atom is 0.0271 e. The van der Waals surface area contributed by atoms with Crippen molar-refractivity contribution in [3.63, 3.8) is 0 Å². The van der Waals surface area contributed by atoms with Gasteiger partial charge in [0.25, 0.3) is 0 Å². The standard InChI is InChI=1S/C16H26N2/c1-16(2,3)14-4-6-15(7-5-14)18-12-13-8-10-17-11-9-13/h8-11,14-15,18H,4-7,12H2,1-3H3. The Kier molecular flexibility index (Phi) is 4.39. The monoisotopic (exact) mass is 246 g/mol. The summed E-state index contributed by atoms with van der Waals surface area (Å²) in [7, 11) is 0. The summed E-state index contributed by atoms with van der Waals surface area (Å²) in [6, 6.07) is 4.89. The Bertz CT molecular complexity index is 345. The van der Waals surface area contributed by atoms with Gasteiger partial charge in [-0.3, -0.25) is 4.98 Å². The van der Waals surface area contributed by atoms with E-state index >= 15 is 0 Å². The molecular weight excluding hydrogens is 220 g/mol. The Morgan fingerprint density at radius 3 is 2.28 bits per heavy atom. The van der Waals surface area contributed by atoms with Crippen molar-refractivity contribution in [2.24, 2.45) is 11.3 Å². The number of nitrogens with one attached hydrogen (secondary N) is 1. The molecule has 1 N–H and O–H groups in total. The molecule has 2 heteroatoms. The molecule has 18 heavy (non-hydrogen) atoms. The molecule has 0 spiro atoms. The fraction of sp³-hybridized carbons (Fsp3) is 0.688. The van der Waals surface area contributed by atoms with E-state index in [1.54, 1.807) is 0 Å². The van der Waals surface area contributed by atoms with Crippen LogP contribution in [0.25, 0.3) is 0 Å². The second-order valence-corrected chi connectivity index (χ2v) is 6.65. The molecule has 1 fully saturated rings. The summed E-state index contributed by atoms with van der Waals surface area (Å²) in [4.78, 5) is 4.05. The van der Waals surface area contributed by atoms with Crippen LogP contribution in [0, 0.1) is 11.3 Å². The van der Waals surface area contributed by atoms with Crippen LogP contribution in [0.3, 0.4) is 0 Å². The van der Waals surface area contributed by atoms with E-state index < -0.39 is 0 Å². The molecule has 2 rings (SSSR count). The highest BCUT2D eigenvalue weighted by Gasteiger charge is 2.29. The normalized spacial score (nSPS) is 25.1. The van der Waals surface area contributed by atoms with E-state index in [9.17, 15) is 0 Å². The van der Waals surface area contributed by atoms with Crippen molar-refractivity contribution in [1.82, 2.24) is 10.3 Å². The van der Waals surface area contributed by atoms with Gasteiger partial charge in [0.2, 0.25) is 0 Å². The number of aromatic nitrogens is 1. The number of hydrogen-bond acceptors (Lipinski definition) is 2. The van der Waals surface area contributed by atoms with E-state index in [4.69, 9.17) is 0 Å². The molecule has 2 nitrogen and oxygen atoms in total. The first kappa shape index (κ1) is 13.5. The predicted octanol–water partition coefficient (Wildman–Crippen LogP) is 3.78. The van der Waals surface area contributed by atoms with Crippen LogP contribution in [0.2, 0.25) is 0 Å². The molecule has 1 saturated carbocycles. The molecule has 0 atom stereocenters. The summed E-state index contributed by atoms with van der Waals surface area (Å²) in [6.07, 6.45) is 9.14. The topological polar surface area (TPSA) is 24.9 Å². The third kappa shape index (κ3) is 3.81. The highest BCUT2D eigenvalue weighted by atomic mass is 14.9. The highest BCUT2D eigenvalue weighted by molar-refractivity contribution is 5.09. The van der Waals surface area contributed by atoms with Crippen LogP contribution < -0.4 is 5.32 Å². The quantitative estimate of drug-likeness (QED) is 0.878. The molecule has 100 valence electrons. The molecule has 1 aromatic rings. The minimum Gasteiger partial charge on any atom is -0.310 e. The molecule has 0 saturated heterocycles. The van der Waals surface area contributed by atoms with Gasteiger partial charge in [-0.05, 0) is 54.7 Å². The lowest BCUT2D eigenvalue weighted by molar-refractivity contribution is 0.160. The molecule has 0 unspecified atom stereocenters. The van der Waals surface area contributed by atoms with Gasteiger partial charge in [0.1, 0.15) is 0 Å². The van der Waals surface area contributed by atoms with Gasteiger partial charge in [0.05, 0.1) is 0 Å². The smallest absolute Gasteiger partial charge is 0.0271 e. The maximum atomic E-state index is 4.05. The zero-order chi connectivity index (χ0) is 13.0. The van der Waals surface area contributed by atoms with Crippen LogP contribution in [-0.4, -0.2) is 11.0 Å². The van der Waals surface area contributed by atoms with Gasteiger partial charge in [-0.1, -0.05) is 20.8 Å². The second-order valence-electron chi connectivity index (χ2n) is 6.65. The molecule has 0 radical (unpaired) electrons. The van der Waals surface area contributed by atoms with Crippen LogP contribution in [0.15, 0.2) is 24.5 Å². The van der Waals surface area contributed by atoms with Gasteiger partial charge in [-0.2, -0.15) is 0 Å². The average molecular weight is 246 g/mol. The van der Waals surface area contributed by atoms with Crippen molar-refractivity contribution >= 4 is 0 Å². The Balaban J connectivity index is 1.74. The third-order valence-electron chi connectivity index (χ3n) is 4.30. The lowest BCUT2D eigenvalue weighted by Crippen LogP contribution is -2.35. The van der Waals surface area contributed by atoms with E-state index in [1.165, 1.54) is 31.2 Å². The first-order valence-corrected chi connectivity index (χ1v) is 7.18. The predicted molar refractivity (Wildman–Crippen MR) is 76.3 cm³/mol. The summed E-state index contributed by atoms with van der Waals surface area (Å²) in [5, 5.41) is 3.68. The number of rotatable bonds is 3. The second kappa shape index (κ2) is 5.83. The van der Waals surface area contributed by atoms with E-state index in [-0.39, 0.29) is 0 Å². The molecular formula is C16H26N2. The van der Waals surface area contributed by atoms with Crippen molar-refractivity contribution in [1.29, 1.82) is 0 Å². The van der Waals surface area contributed by atoms with Crippen molar-refractivity contribution in [3.05, 3.63) is 30.1 Å². The molecule has 1 aromatic heterocycles. The van der Waals surface area contributed by atoms with Gasteiger partial charge >= 0.3 is 0 Å². The molecule has 0 bridgehead atoms. The molecule has 1 aliphatic carbocycles. The summed E-state index contributed by atoms with van der Waals surface area (Å²) in [5.41, 5.74) is 1.82. The first-order valence-electron chi connectivity index (χ1n) is 7.18. The lowest BCUT2D eigenvalue weighted by atomic mass is 9.71. The van der Waals surface area contributed by atoms with Gasteiger partial charge in [-0.25, -0.2) is 0 Å². The van der Waals surface area contributed by atoms with Crippen molar-refractivity contribution in [3.8, 4) is 0 Å². The maximum absolute atomic E-state index is 4.05. The fourth-order valence-electron chi connectivity index (χ4n) is 2.93. The fourth-order valence-corrected chi connectivity index (χ4v) is 2.93. The number of hydrogen-bond donors (Lipinski definition) is 1. The van der Waals surface area contributed by atoms with Gasteiger partial charge in [0, 0.05) is 25.0 Å². The third-order valence-corrected chi connectivity index (χ3v) is 4.30. The van der Waals surface area contributed by atoms with Gasteiger partial charge in [-0.15, -0.1) is 0 Å². The molecule has 1 heterocycles. The largest absolute Gasteiger partial charge is 0.310 e. The van der Waals surface area contributed by atoms with E-state index in [1.807, 2.05) is 12.4 Å². The van der Waals surface area contributed by atoms with Crippen molar-refractivity contribution in [2.75, 3.05) is 0 Å². The van der Waals surface area contributed by atoms with E-state index in [2.05, 4.69) is 43.2 Å². The number of nitrogens with zero attached hydrogens (tertiary/aromatic N) is 1. The Morgan fingerprint density at radius 1 is 1.11 bits per heavy atom. The zero-order valence-electron chi connectivity index (χ0n) is 11.9. The summed E-state index contributed by atoms with van der Waals surface area (Å²) in [5.74, 6) is 0.900. The summed E-state index contributed by atoms with van der Waals surface area (Å²) >= 11 is 0. The minimum absolute atomic E-state index is 0.482. The van der Waals surface area contributed by atoms with Crippen LogP contribution >= 0.6 is 0 Å². The SMILES string of the molecule is CC(C)(C)C1CCC(NCc2ccncc2)CC1. The highest BCUT2D eigenvalue weighted by Crippen LogP contribution is 2.37.